The lowest BCUT2D eigenvalue weighted by molar-refractivity contribution is -0.0564. The minimum Gasteiger partial charge on any atom is -0.385 e. The van der Waals surface area contributed by atoms with Crippen molar-refractivity contribution in [1.29, 1.82) is 0 Å². The van der Waals surface area contributed by atoms with E-state index in [4.69, 9.17) is 4.74 Å². The monoisotopic (exact) mass is 501 g/mol. The number of urea groups is 1. The van der Waals surface area contributed by atoms with Crippen LogP contribution in [0.5, 0.6) is 0 Å². The zero-order valence-electron chi connectivity index (χ0n) is 23.1. The van der Waals surface area contributed by atoms with Crippen LogP contribution in [0.1, 0.15) is 88.7 Å². The average Bonchev–Trinajstić information content (AvgIpc) is 2.91. The number of carbonyl (C=O) groups is 1. The molecule has 1 heterocycles. The van der Waals surface area contributed by atoms with Gasteiger partial charge in [0.05, 0.1) is 5.60 Å². The van der Waals surface area contributed by atoms with Crippen LogP contribution in [0.3, 0.4) is 0 Å². The third-order valence-corrected chi connectivity index (χ3v) is 8.50. The third kappa shape index (κ3) is 8.19. The summed E-state index contributed by atoms with van der Waals surface area (Å²) >= 11 is 0. The van der Waals surface area contributed by atoms with Crippen molar-refractivity contribution in [3.63, 3.8) is 0 Å². The Labute approximate surface area is 219 Å². The highest BCUT2D eigenvalue weighted by atomic mass is 16.5. The summed E-state index contributed by atoms with van der Waals surface area (Å²) in [5, 5.41) is 18.8. The van der Waals surface area contributed by atoms with Gasteiger partial charge in [0.15, 0.2) is 0 Å². The first-order chi connectivity index (χ1) is 17.5. The molecule has 0 radical (unpaired) electrons. The van der Waals surface area contributed by atoms with Gasteiger partial charge in [-0.05, 0) is 69.0 Å². The molecule has 1 aliphatic heterocycles. The molecule has 3 atom stereocenters. The number of nitrogens with zero attached hydrogens (tertiary/aromatic N) is 1. The van der Waals surface area contributed by atoms with E-state index in [9.17, 15) is 9.90 Å². The number of unbranched alkanes of at least 4 members (excludes halogenated alkanes) is 1. The van der Waals surface area contributed by atoms with Crippen LogP contribution in [0.2, 0.25) is 0 Å². The third-order valence-electron chi connectivity index (χ3n) is 8.50. The summed E-state index contributed by atoms with van der Waals surface area (Å²) in [4.78, 5) is 15.4. The van der Waals surface area contributed by atoms with Crippen LogP contribution in [0.15, 0.2) is 24.3 Å². The van der Waals surface area contributed by atoms with E-state index in [0.717, 1.165) is 63.1 Å². The smallest absolute Gasteiger partial charge is 0.317 e. The molecule has 3 rings (SSSR count). The molecule has 1 saturated carbocycles. The second-order valence-electron chi connectivity index (χ2n) is 11.2. The van der Waals surface area contributed by atoms with Gasteiger partial charge in [0.1, 0.15) is 0 Å². The molecule has 36 heavy (non-hydrogen) atoms. The molecule has 1 saturated heterocycles. The van der Waals surface area contributed by atoms with Crippen LogP contribution in [-0.4, -0.2) is 62.5 Å². The summed E-state index contributed by atoms with van der Waals surface area (Å²) in [7, 11) is 3.69. The van der Waals surface area contributed by atoms with Gasteiger partial charge in [-0.3, -0.25) is 0 Å². The van der Waals surface area contributed by atoms with Gasteiger partial charge in [0.2, 0.25) is 0 Å². The van der Waals surface area contributed by atoms with E-state index in [2.05, 4.69) is 41.8 Å². The number of likely N-dealkylation sites (N-methyl/N-ethyl adjacent to an activating group) is 1. The van der Waals surface area contributed by atoms with Crippen LogP contribution in [0.4, 0.5) is 4.79 Å². The van der Waals surface area contributed by atoms with Crippen molar-refractivity contribution in [1.82, 2.24) is 15.5 Å². The molecule has 6 heteroatoms. The number of likely N-dealkylation sites (tertiary alicyclic amines) is 1. The lowest BCUT2D eigenvalue weighted by Crippen LogP contribution is -2.54. The molecule has 1 aliphatic carbocycles. The number of amides is 2. The summed E-state index contributed by atoms with van der Waals surface area (Å²) in [6.45, 7) is 5.01. The predicted molar refractivity (Wildman–Crippen MR) is 147 cm³/mol. The van der Waals surface area contributed by atoms with Gasteiger partial charge in [-0.25, -0.2) is 4.79 Å². The van der Waals surface area contributed by atoms with Crippen LogP contribution in [0.25, 0.3) is 0 Å². The minimum absolute atomic E-state index is 0.0211. The average molecular weight is 502 g/mol. The van der Waals surface area contributed by atoms with E-state index in [1.807, 2.05) is 11.9 Å². The number of benzene rings is 1. The zero-order valence-corrected chi connectivity index (χ0v) is 23.1. The first-order valence-corrected chi connectivity index (χ1v) is 14.5. The number of nitrogens with one attached hydrogen (secondary N) is 2. The van der Waals surface area contributed by atoms with Gasteiger partial charge in [0, 0.05) is 45.3 Å². The van der Waals surface area contributed by atoms with Crippen molar-refractivity contribution in [2.45, 2.75) is 95.6 Å². The van der Waals surface area contributed by atoms with Crippen molar-refractivity contribution in [3.8, 4) is 0 Å². The van der Waals surface area contributed by atoms with Crippen molar-refractivity contribution < 1.29 is 14.6 Å². The highest BCUT2D eigenvalue weighted by molar-refractivity contribution is 5.74. The number of rotatable bonds is 13. The topological polar surface area (TPSA) is 73.8 Å². The molecule has 1 aromatic rings. The molecule has 3 N–H and O–H groups in total. The second kappa shape index (κ2) is 14.9. The highest BCUT2D eigenvalue weighted by Crippen LogP contribution is 2.40. The summed E-state index contributed by atoms with van der Waals surface area (Å²) in [5.74, 6) is 0.738. The van der Waals surface area contributed by atoms with E-state index >= 15 is 0 Å². The molecule has 3 unspecified atom stereocenters. The van der Waals surface area contributed by atoms with Gasteiger partial charge >= 0.3 is 6.03 Å². The summed E-state index contributed by atoms with van der Waals surface area (Å²) < 4.78 is 5.26. The number of carbonyl (C=O) groups excluding carboxylic acids is 1. The Morgan fingerprint density at radius 3 is 2.72 bits per heavy atom. The maximum Gasteiger partial charge on any atom is 0.317 e. The number of piperidine rings is 1. The van der Waals surface area contributed by atoms with Crippen molar-refractivity contribution in [2.24, 2.45) is 11.8 Å². The molecule has 1 aromatic carbocycles. The van der Waals surface area contributed by atoms with Crippen LogP contribution in [0, 0.1) is 11.8 Å². The Hall–Kier alpha value is -1.63. The Morgan fingerprint density at radius 2 is 2.00 bits per heavy atom. The SMILES string of the molecule is CCc1cccc(C(O)(CCCCOC)C2CCCN(C(=O)NC(CNC)CC3CCCCC3)C2)c1. The number of hydrogen-bond acceptors (Lipinski definition) is 4. The predicted octanol–water partition coefficient (Wildman–Crippen LogP) is 5.23. The molecule has 204 valence electrons. The Kier molecular flexibility index (Phi) is 12.0. The van der Waals surface area contributed by atoms with Crippen LogP contribution >= 0.6 is 0 Å². The number of aryl methyl sites for hydroxylation is 1. The van der Waals surface area contributed by atoms with Crippen LogP contribution < -0.4 is 10.6 Å². The van der Waals surface area contributed by atoms with Gasteiger partial charge in [-0.1, -0.05) is 63.3 Å². The minimum atomic E-state index is -0.940. The van der Waals surface area contributed by atoms with Gasteiger partial charge < -0.3 is 25.4 Å². The Morgan fingerprint density at radius 1 is 1.19 bits per heavy atom. The van der Waals surface area contributed by atoms with Crippen LogP contribution in [-0.2, 0) is 16.8 Å². The quantitative estimate of drug-likeness (QED) is 0.324. The fourth-order valence-corrected chi connectivity index (χ4v) is 6.37. The van der Waals surface area contributed by atoms with E-state index in [0.29, 0.717) is 19.6 Å². The Balaban J connectivity index is 1.70. The summed E-state index contributed by atoms with van der Waals surface area (Å²) in [6.07, 6.45) is 12.9. The normalized spacial score (nSPS) is 21.7. The molecule has 0 spiro atoms. The molecule has 2 fully saturated rings. The highest BCUT2D eigenvalue weighted by Gasteiger charge is 2.41. The number of methoxy groups -OCH3 is 1. The largest absolute Gasteiger partial charge is 0.385 e. The van der Waals surface area contributed by atoms with E-state index < -0.39 is 5.60 Å². The maximum absolute atomic E-state index is 13.4. The van der Waals surface area contributed by atoms with E-state index in [-0.39, 0.29) is 18.0 Å². The second-order valence-corrected chi connectivity index (χ2v) is 11.2. The molecule has 0 aromatic heterocycles. The first kappa shape index (κ1) is 28.9. The zero-order chi connectivity index (χ0) is 25.8. The van der Waals surface area contributed by atoms with Crippen molar-refractivity contribution >= 4 is 6.03 Å². The number of hydrogen-bond donors (Lipinski definition) is 3. The van der Waals surface area contributed by atoms with E-state index in [1.165, 1.54) is 37.7 Å². The lowest BCUT2D eigenvalue weighted by atomic mass is 9.73. The van der Waals surface area contributed by atoms with E-state index in [1.54, 1.807) is 7.11 Å². The van der Waals surface area contributed by atoms with Gasteiger partial charge in [0.25, 0.3) is 0 Å². The fourth-order valence-electron chi connectivity index (χ4n) is 6.37. The van der Waals surface area contributed by atoms with Gasteiger partial charge in [-0.2, -0.15) is 0 Å². The maximum atomic E-state index is 13.4. The molecular weight excluding hydrogens is 450 g/mol. The first-order valence-electron chi connectivity index (χ1n) is 14.5. The number of ether oxygens (including phenoxy) is 1. The molecule has 2 aliphatic rings. The molecule has 2 amide bonds. The fraction of sp³-hybridized carbons (Fsp3) is 0.767. The number of aliphatic hydroxyl groups is 1. The van der Waals surface area contributed by atoms with Crippen molar-refractivity contribution in [2.75, 3.05) is 40.4 Å². The lowest BCUT2D eigenvalue weighted by Gasteiger charge is -2.43. The summed E-state index contributed by atoms with van der Waals surface area (Å²) in [6, 6.07) is 8.61. The standard InChI is InChI=1S/C30H51N3O3/c1-4-24-14-10-15-26(20-24)30(35,17-8-9-19-36-3)27-16-11-18-33(23-27)29(34)32-28(22-31-2)21-25-12-6-5-7-13-25/h10,14-15,20,25,27-28,31,35H,4-9,11-13,16-19,21-23H2,1-3H3,(H,32,34). The summed E-state index contributed by atoms with van der Waals surface area (Å²) in [5.41, 5.74) is 1.30. The molecule has 0 bridgehead atoms. The Bertz CT molecular complexity index is 782. The molecule has 6 nitrogen and oxygen atoms in total. The van der Waals surface area contributed by atoms with Gasteiger partial charge in [-0.15, -0.1) is 0 Å². The molecular formula is C30H51N3O3. The van der Waals surface area contributed by atoms with Crippen molar-refractivity contribution in [3.05, 3.63) is 35.4 Å².